The average Bonchev–Trinajstić information content (AvgIpc) is 3.26. The number of rotatable bonds is 13. The molecule has 2 aliphatic heterocycles. The van der Waals surface area contributed by atoms with Crippen molar-refractivity contribution in [1.29, 1.82) is 0 Å². The lowest BCUT2D eigenvalue weighted by molar-refractivity contribution is -0.349. The van der Waals surface area contributed by atoms with Crippen LogP contribution in [0.2, 0.25) is 0 Å². The minimum absolute atomic E-state index is 0.0357. The minimum Gasteiger partial charge on any atom is -0.507 e. The maximum Gasteiger partial charge on any atom is 0.397 e. The molecule has 0 bridgehead atoms. The summed E-state index contributed by atoms with van der Waals surface area (Å²) < 4.78 is 65.9. The number of carboxylic acids is 1. The number of ketones is 2. The molecule has 0 saturated carbocycles. The van der Waals surface area contributed by atoms with Crippen molar-refractivity contribution >= 4 is 33.8 Å². The summed E-state index contributed by atoms with van der Waals surface area (Å²) in [7, 11) is -2.68. The Kier molecular flexibility index (Phi) is 13.7. The van der Waals surface area contributed by atoms with Crippen LogP contribution in [-0.4, -0.2) is 182 Å². The second-order valence-corrected chi connectivity index (χ2v) is 17.1. The number of fused-ring (bicyclic) bond motifs is 5. The lowest BCUT2D eigenvalue weighted by Crippen LogP contribution is -2.66. The standard InChI is InChI=1S/C41H46N2O23S/c1-11-5-17-24(31(51)21(11)38(55)43-18(9-44)39(56)57)23-15(8-16-25(32(23)52)28(48)14-6-13(61-4)7-19(46)22(14)27(16)47)29(49)35(17)64-40-33(53)36(26(42-3)12(2)62-40)65-41-34(54)37(66-67(58,59)60)30(50)20(10-45)63-41/h5-8,12,18,20,26,29-30,33-37,40-42,44-46,49-54H,9-10H2,1-4H3,(H,43,55)(H,56,57)(H,58,59,60). The van der Waals surface area contributed by atoms with E-state index >= 15 is 0 Å². The van der Waals surface area contributed by atoms with Gasteiger partial charge in [-0.2, -0.15) is 8.42 Å². The Balaban J connectivity index is 1.35. The SMILES string of the molecule is CNC1C(C)OC(OC2c3cc(C)c(C(=O)NC(CO)C(=O)O)c(O)c3-c3c(cc4c(c3O)C(=O)c3cc(OC)cc(O)c3C4=O)C2O)C(O)C1OC1OC(CO)C(O)C(OS(=O)(=O)O)C1O. The molecule has 2 saturated heterocycles. The topological polar surface area (TPSA) is 404 Å². The van der Waals surface area contributed by atoms with Gasteiger partial charge in [0.2, 0.25) is 0 Å². The zero-order valence-corrected chi connectivity index (χ0v) is 36.3. The van der Waals surface area contributed by atoms with Gasteiger partial charge in [-0.25, -0.2) is 8.98 Å². The number of nitrogens with one attached hydrogen (secondary N) is 2. The van der Waals surface area contributed by atoms with E-state index in [1.807, 2.05) is 0 Å². The number of carbonyl (C=O) groups is 4. The van der Waals surface area contributed by atoms with Crippen molar-refractivity contribution in [2.75, 3.05) is 27.4 Å². The van der Waals surface area contributed by atoms with Crippen molar-refractivity contribution in [3.8, 4) is 34.1 Å². The highest BCUT2D eigenvalue weighted by atomic mass is 32.3. The molecule has 13 unspecified atom stereocenters. The van der Waals surface area contributed by atoms with Gasteiger partial charge in [-0.05, 0) is 49.7 Å². The van der Waals surface area contributed by atoms with Crippen molar-refractivity contribution < 1.29 is 111 Å². The van der Waals surface area contributed by atoms with Crippen molar-refractivity contribution in [3.05, 3.63) is 68.8 Å². The van der Waals surface area contributed by atoms with Crippen LogP contribution in [0.5, 0.6) is 23.0 Å². The monoisotopic (exact) mass is 966 g/mol. The van der Waals surface area contributed by atoms with Crippen LogP contribution in [0.15, 0.2) is 24.3 Å². The number of phenols is 3. The van der Waals surface area contributed by atoms with Gasteiger partial charge in [0.1, 0.15) is 71.8 Å². The molecule has 3 aromatic rings. The number of amides is 1. The summed E-state index contributed by atoms with van der Waals surface area (Å²) in [5.41, 5.74) is -4.46. The maximum absolute atomic E-state index is 14.1. The Hall–Kier alpha value is -5.43. The van der Waals surface area contributed by atoms with Crippen molar-refractivity contribution in [2.24, 2.45) is 0 Å². The van der Waals surface area contributed by atoms with Crippen LogP contribution in [0.25, 0.3) is 11.1 Å². The van der Waals surface area contributed by atoms with Crippen LogP contribution in [0.3, 0.4) is 0 Å². The van der Waals surface area contributed by atoms with E-state index in [4.69, 9.17) is 23.7 Å². The van der Waals surface area contributed by atoms with Crippen molar-refractivity contribution in [1.82, 2.24) is 10.6 Å². The van der Waals surface area contributed by atoms with Gasteiger partial charge in [-0.1, -0.05) is 6.07 Å². The lowest BCUT2D eigenvalue weighted by Gasteiger charge is -2.48. The van der Waals surface area contributed by atoms with Gasteiger partial charge in [0, 0.05) is 28.3 Å². The first-order chi connectivity index (χ1) is 31.5. The Labute approximate surface area is 378 Å². The molecule has 2 aliphatic carbocycles. The number of benzene rings is 3. The summed E-state index contributed by atoms with van der Waals surface area (Å²) in [5.74, 6) is -7.58. The van der Waals surface area contributed by atoms with E-state index in [1.165, 1.54) is 34.1 Å². The number of carboxylic acid groups (broad SMARTS) is 1. The molecule has 67 heavy (non-hydrogen) atoms. The molecule has 13 atom stereocenters. The fraction of sp³-hybridized carbons (Fsp3) is 0.463. The van der Waals surface area contributed by atoms with E-state index in [-0.39, 0.29) is 22.4 Å². The summed E-state index contributed by atoms with van der Waals surface area (Å²) in [4.78, 5) is 53.6. The number of carbonyl (C=O) groups excluding carboxylic acids is 3. The van der Waals surface area contributed by atoms with Crippen LogP contribution in [0.4, 0.5) is 0 Å². The first-order valence-corrected chi connectivity index (χ1v) is 21.6. The number of aromatic hydroxyl groups is 3. The molecule has 26 heteroatoms. The molecule has 4 aliphatic rings. The molecule has 3 aromatic carbocycles. The summed E-state index contributed by atoms with van der Waals surface area (Å²) >= 11 is 0. The summed E-state index contributed by atoms with van der Waals surface area (Å²) in [5, 5.41) is 115. The highest BCUT2D eigenvalue weighted by Crippen LogP contribution is 2.57. The number of methoxy groups -OCH3 is 1. The number of hydrogen-bond acceptors (Lipinski definition) is 22. The predicted molar refractivity (Wildman–Crippen MR) is 218 cm³/mol. The van der Waals surface area contributed by atoms with Gasteiger partial charge in [-0.15, -0.1) is 0 Å². The van der Waals surface area contributed by atoms with E-state index in [2.05, 4.69) is 14.8 Å². The van der Waals surface area contributed by atoms with Gasteiger partial charge in [0.15, 0.2) is 30.2 Å². The zero-order chi connectivity index (χ0) is 49.3. The van der Waals surface area contributed by atoms with Gasteiger partial charge in [-0.3, -0.25) is 18.9 Å². The number of hydrogen-bond donors (Lipinski definition) is 13. The Morgan fingerprint density at radius 2 is 1.43 bits per heavy atom. The molecule has 0 radical (unpaired) electrons. The minimum atomic E-state index is -5.32. The summed E-state index contributed by atoms with van der Waals surface area (Å²) in [6.45, 7) is 0.703. The largest absolute Gasteiger partial charge is 0.507 e. The van der Waals surface area contributed by atoms with Gasteiger partial charge in [0.05, 0.1) is 49.2 Å². The van der Waals surface area contributed by atoms with Crippen LogP contribution in [0.1, 0.15) is 78.0 Å². The Morgan fingerprint density at radius 1 is 0.821 bits per heavy atom. The molecule has 1 amide bonds. The second kappa shape index (κ2) is 18.6. The molecule has 0 aromatic heterocycles. The van der Waals surface area contributed by atoms with E-state index in [0.29, 0.717) is 0 Å². The third-order valence-corrected chi connectivity index (χ3v) is 12.6. The van der Waals surface area contributed by atoms with Crippen molar-refractivity contribution in [2.45, 2.75) is 93.4 Å². The second-order valence-electron chi connectivity index (χ2n) is 16.1. The lowest BCUT2D eigenvalue weighted by atomic mass is 9.74. The molecule has 7 rings (SSSR count). The number of phenolic OH excluding ortho intramolecular Hbond substituents is 3. The Morgan fingerprint density at radius 3 is 2.03 bits per heavy atom. The van der Waals surface area contributed by atoms with Crippen LogP contribution < -0.4 is 15.4 Å². The number of aliphatic hydroxyl groups excluding tert-OH is 6. The highest BCUT2D eigenvalue weighted by molar-refractivity contribution is 7.80. The van der Waals surface area contributed by atoms with E-state index in [0.717, 1.165) is 18.2 Å². The first kappa shape index (κ1) is 49.5. The van der Waals surface area contributed by atoms with Crippen LogP contribution in [-0.2, 0) is 38.3 Å². The quantitative estimate of drug-likeness (QED) is 0.0619. The molecular formula is C41H46N2O23S. The first-order valence-electron chi connectivity index (χ1n) is 20.2. The van der Waals surface area contributed by atoms with Crippen LogP contribution >= 0.6 is 0 Å². The maximum atomic E-state index is 14.1. The van der Waals surface area contributed by atoms with Gasteiger partial charge in [0.25, 0.3) is 5.91 Å². The number of ether oxygens (including phenoxy) is 5. The van der Waals surface area contributed by atoms with E-state index in [1.54, 1.807) is 0 Å². The average molecular weight is 967 g/mol. The fourth-order valence-corrected chi connectivity index (χ4v) is 9.41. The molecule has 2 fully saturated rings. The van der Waals surface area contributed by atoms with Crippen LogP contribution in [0, 0.1) is 6.92 Å². The number of aryl methyl sites for hydroxylation is 1. The molecule has 25 nitrogen and oxygen atoms in total. The third kappa shape index (κ3) is 8.59. The molecular weight excluding hydrogens is 921 g/mol. The summed E-state index contributed by atoms with van der Waals surface area (Å²) in [6, 6.07) is 1.46. The van der Waals surface area contributed by atoms with Gasteiger partial charge < -0.3 is 85.4 Å². The number of likely N-dealkylation sites (N-methyl/N-ethyl adjacent to an activating group) is 1. The molecule has 364 valence electrons. The van der Waals surface area contributed by atoms with Gasteiger partial charge >= 0.3 is 16.4 Å². The number of aliphatic hydroxyl groups is 6. The smallest absolute Gasteiger partial charge is 0.397 e. The third-order valence-electron chi connectivity index (χ3n) is 12.1. The molecule has 0 spiro atoms. The molecule has 13 N–H and O–H groups in total. The number of aliphatic carboxylic acids is 1. The Bertz CT molecular complexity index is 2620. The molecule has 2 heterocycles. The van der Waals surface area contributed by atoms with E-state index in [9.17, 15) is 83.2 Å². The normalized spacial score (nSPS) is 29.5. The predicted octanol–water partition coefficient (Wildman–Crippen LogP) is -2.45. The summed E-state index contributed by atoms with van der Waals surface area (Å²) in [6.07, 6.45) is -20.5. The van der Waals surface area contributed by atoms with E-state index < -0.39 is 183 Å². The zero-order valence-electron chi connectivity index (χ0n) is 35.5. The van der Waals surface area contributed by atoms with Crippen molar-refractivity contribution in [3.63, 3.8) is 0 Å². The fourth-order valence-electron chi connectivity index (χ4n) is 8.90. The highest BCUT2D eigenvalue weighted by Gasteiger charge is 2.53.